The quantitative estimate of drug-likeness (QED) is 0.612. The normalized spacial score (nSPS) is 11.2. The van der Waals surface area contributed by atoms with Crippen molar-refractivity contribution in [3.05, 3.63) is 53.2 Å². The van der Waals surface area contributed by atoms with Crippen LogP contribution in [0, 0.1) is 20.8 Å². The molecule has 9 heteroatoms. The van der Waals surface area contributed by atoms with E-state index in [0.29, 0.717) is 22.5 Å². The van der Waals surface area contributed by atoms with Crippen LogP contribution in [-0.2, 0) is 14.8 Å². The number of aryl methyl sites for hydroxylation is 3. The summed E-state index contributed by atoms with van der Waals surface area (Å²) in [5, 5.41) is 6.45. The zero-order valence-electron chi connectivity index (χ0n) is 17.4. The molecule has 30 heavy (non-hydrogen) atoms. The number of ether oxygens (including phenoxy) is 1. The van der Waals surface area contributed by atoms with Gasteiger partial charge in [-0.2, -0.15) is 0 Å². The lowest BCUT2D eigenvalue weighted by Crippen LogP contribution is -2.15. The van der Waals surface area contributed by atoms with E-state index in [2.05, 4.69) is 15.2 Å². The Morgan fingerprint density at radius 1 is 1.10 bits per heavy atom. The van der Waals surface area contributed by atoms with Crippen LogP contribution < -0.4 is 14.8 Å². The van der Waals surface area contributed by atoms with Gasteiger partial charge in [-0.05, 0) is 50.1 Å². The van der Waals surface area contributed by atoms with Crippen molar-refractivity contribution in [2.24, 2.45) is 0 Å². The van der Waals surface area contributed by atoms with Gasteiger partial charge in [0.2, 0.25) is 11.8 Å². The summed E-state index contributed by atoms with van der Waals surface area (Å²) >= 11 is 0. The number of nitrogens with one attached hydrogen (secondary N) is 2. The van der Waals surface area contributed by atoms with Crippen LogP contribution in [0.4, 0.5) is 11.6 Å². The molecular formula is C21H23N3O5S. The van der Waals surface area contributed by atoms with E-state index in [9.17, 15) is 13.2 Å². The van der Waals surface area contributed by atoms with Gasteiger partial charge in [-0.25, -0.2) is 8.42 Å². The third kappa shape index (κ3) is 4.30. The van der Waals surface area contributed by atoms with Crippen LogP contribution in [0.5, 0.6) is 5.75 Å². The molecule has 1 heterocycles. The lowest BCUT2D eigenvalue weighted by atomic mass is 10.1. The highest BCUT2D eigenvalue weighted by Gasteiger charge is 2.24. The molecule has 0 fully saturated rings. The number of methoxy groups -OCH3 is 1. The van der Waals surface area contributed by atoms with Gasteiger partial charge in [0.25, 0.3) is 10.0 Å². The van der Waals surface area contributed by atoms with Gasteiger partial charge >= 0.3 is 0 Å². The third-order valence-corrected chi connectivity index (χ3v) is 5.91. The van der Waals surface area contributed by atoms with E-state index >= 15 is 0 Å². The van der Waals surface area contributed by atoms with Crippen molar-refractivity contribution in [2.45, 2.75) is 32.6 Å². The first-order chi connectivity index (χ1) is 14.1. The lowest BCUT2D eigenvalue weighted by molar-refractivity contribution is -0.114. The maximum absolute atomic E-state index is 13.2. The zero-order valence-corrected chi connectivity index (χ0v) is 18.2. The van der Waals surface area contributed by atoms with Crippen molar-refractivity contribution in [1.82, 2.24) is 5.16 Å². The maximum atomic E-state index is 13.2. The van der Waals surface area contributed by atoms with Crippen LogP contribution in [0.2, 0.25) is 0 Å². The first-order valence-corrected chi connectivity index (χ1v) is 10.6. The van der Waals surface area contributed by atoms with E-state index < -0.39 is 10.0 Å². The van der Waals surface area contributed by atoms with E-state index in [1.54, 1.807) is 25.1 Å². The molecule has 3 aromatic rings. The zero-order chi connectivity index (χ0) is 22.1. The van der Waals surface area contributed by atoms with Crippen LogP contribution >= 0.6 is 0 Å². The van der Waals surface area contributed by atoms with E-state index in [0.717, 1.165) is 11.1 Å². The average molecular weight is 429 g/mol. The molecule has 0 atom stereocenters. The van der Waals surface area contributed by atoms with Crippen molar-refractivity contribution < 1.29 is 22.5 Å². The van der Waals surface area contributed by atoms with E-state index in [4.69, 9.17) is 9.26 Å². The highest BCUT2D eigenvalue weighted by Crippen LogP contribution is 2.36. The van der Waals surface area contributed by atoms with Gasteiger partial charge in [-0.1, -0.05) is 28.9 Å². The Bertz CT molecular complexity index is 1220. The smallest absolute Gasteiger partial charge is 0.265 e. The minimum atomic E-state index is -3.97. The standard InChI is InChI=1S/C21H23N3O5S/c1-12-6-8-17(13(2)10-12)24-30(26,27)19-11-16(7-9-18(19)28-5)20-14(3)23-29-21(20)22-15(4)25/h6-11,24H,1-5H3,(H,22,25). The minimum absolute atomic E-state index is 0.0446. The summed E-state index contributed by atoms with van der Waals surface area (Å²) in [5.74, 6) is 0.00678. The fraction of sp³-hybridized carbons (Fsp3) is 0.238. The van der Waals surface area contributed by atoms with E-state index in [1.165, 1.54) is 20.1 Å². The number of carbonyl (C=O) groups is 1. The molecule has 0 radical (unpaired) electrons. The number of rotatable bonds is 6. The molecular weight excluding hydrogens is 406 g/mol. The molecule has 0 unspecified atom stereocenters. The highest BCUT2D eigenvalue weighted by atomic mass is 32.2. The van der Waals surface area contributed by atoms with Crippen LogP contribution in [0.1, 0.15) is 23.7 Å². The number of sulfonamides is 1. The topological polar surface area (TPSA) is 111 Å². The number of amides is 1. The number of carbonyl (C=O) groups excluding carboxylic acids is 1. The molecule has 8 nitrogen and oxygen atoms in total. The fourth-order valence-corrected chi connectivity index (χ4v) is 4.45. The van der Waals surface area contributed by atoms with Crippen molar-refractivity contribution in [1.29, 1.82) is 0 Å². The summed E-state index contributed by atoms with van der Waals surface area (Å²) in [6, 6.07) is 10.1. The van der Waals surface area contributed by atoms with Crippen molar-refractivity contribution in [3.63, 3.8) is 0 Å². The second-order valence-corrected chi connectivity index (χ2v) is 8.59. The molecule has 0 saturated heterocycles. The Balaban J connectivity index is 2.09. The van der Waals surface area contributed by atoms with Crippen LogP contribution in [0.15, 0.2) is 45.8 Å². The van der Waals surface area contributed by atoms with Gasteiger partial charge in [-0.15, -0.1) is 0 Å². The second-order valence-electron chi connectivity index (χ2n) is 6.94. The van der Waals surface area contributed by atoms with Gasteiger partial charge in [-0.3, -0.25) is 14.8 Å². The summed E-state index contributed by atoms with van der Waals surface area (Å²) in [7, 11) is -2.57. The average Bonchev–Trinajstić information content (AvgIpc) is 3.03. The number of hydrogen-bond donors (Lipinski definition) is 2. The number of aromatic nitrogens is 1. The first-order valence-electron chi connectivity index (χ1n) is 9.14. The molecule has 0 spiro atoms. The number of hydrogen-bond acceptors (Lipinski definition) is 6. The van der Waals surface area contributed by atoms with E-state index in [-0.39, 0.29) is 22.4 Å². The molecule has 2 N–H and O–H groups in total. The SMILES string of the molecule is COc1ccc(-c2c(C)noc2NC(C)=O)cc1S(=O)(=O)Nc1ccc(C)cc1C. The highest BCUT2D eigenvalue weighted by molar-refractivity contribution is 7.92. The van der Waals surface area contributed by atoms with Gasteiger partial charge < -0.3 is 9.26 Å². The molecule has 0 bridgehead atoms. The first kappa shape index (κ1) is 21.4. The Hall–Kier alpha value is -3.33. The van der Waals surface area contributed by atoms with Crippen molar-refractivity contribution >= 4 is 27.5 Å². The number of anilines is 2. The number of benzene rings is 2. The Kier molecular flexibility index (Phi) is 5.84. The van der Waals surface area contributed by atoms with Gasteiger partial charge in [0.05, 0.1) is 24.1 Å². The predicted octanol–water partition coefficient (Wildman–Crippen LogP) is 4.03. The van der Waals surface area contributed by atoms with Gasteiger partial charge in [0, 0.05) is 6.92 Å². The Morgan fingerprint density at radius 3 is 2.47 bits per heavy atom. The Morgan fingerprint density at radius 2 is 1.83 bits per heavy atom. The molecule has 1 amide bonds. The van der Waals surface area contributed by atoms with Gasteiger partial charge in [0.15, 0.2) is 0 Å². The van der Waals surface area contributed by atoms with Crippen molar-refractivity contribution in [3.8, 4) is 16.9 Å². The van der Waals surface area contributed by atoms with Crippen LogP contribution in [0.3, 0.4) is 0 Å². The molecule has 3 rings (SSSR count). The summed E-state index contributed by atoms with van der Waals surface area (Å²) in [6.45, 7) is 6.82. The summed E-state index contributed by atoms with van der Waals surface area (Å²) in [5.41, 5.74) is 3.83. The Labute approximate surface area is 175 Å². The molecule has 2 aromatic carbocycles. The van der Waals surface area contributed by atoms with E-state index in [1.807, 2.05) is 26.0 Å². The summed E-state index contributed by atoms with van der Waals surface area (Å²) < 4.78 is 39.5. The summed E-state index contributed by atoms with van der Waals surface area (Å²) in [4.78, 5) is 11.4. The van der Waals surface area contributed by atoms with Crippen molar-refractivity contribution in [2.75, 3.05) is 17.1 Å². The largest absolute Gasteiger partial charge is 0.495 e. The maximum Gasteiger partial charge on any atom is 0.265 e. The molecule has 0 aliphatic rings. The predicted molar refractivity (Wildman–Crippen MR) is 114 cm³/mol. The number of nitrogens with zero attached hydrogens (tertiary/aromatic N) is 1. The third-order valence-electron chi connectivity index (χ3n) is 4.52. The second kappa shape index (κ2) is 8.19. The molecule has 0 saturated carbocycles. The fourth-order valence-electron chi connectivity index (χ4n) is 3.12. The molecule has 0 aliphatic heterocycles. The van der Waals surface area contributed by atoms with Crippen LogP contribution in [-0.4, -0.2) is 26.6 Å². The monoisotopic (exact) mass is 429 g/mol. The lowest BCUT2D eigenvalue weighted by Gasteiger charge is -2.15. The minimum Gasteiger partial charge on any atom is -0.495 e. The molecule has 158 valence electrons. The van der Waals surface area contributed by atoms with Crippen LogP contribution in [0.25, 0.3) is 11.1 Å². The van der Waals surface area contributed by atoms with Gasteiger partial charge in [0.1, 0.15) is 10.6 Å². The molecule has 1 aromatic heterocycles. The summed E-state index contributed by atoms with van der Waals surface area (Å²) in [6.07, 6.45) is 0. The molecule has 0 aliphatic carbocycles.